The molecule has 6 heteroatoms. The van der Waals surface area contributed by atoms with Crippen molar-refractivity contribution in [2.45, 2.75) is 38.4 Å². The van der Waals surface area contributed by atoms with E-state index in [0.29, 0.717) is 13.0 Å². The number of aromatic nitrogens is 1. The average Bonchev–Trinajstić information content (AvgIpc) is 2.93. The minimum Gasteiger partial charge on any atom is -0.435 e. The summed E-state index contributed by atoms with van der Waals surface area (Å²) in [5.74, 6) is 0. The first-order valence-electron chi connectivity index (χ1n) is 8.96. The summed E-state index contributed by atoms with van der Waals surface area (Å²) in [6.45, 7) is 4.28. The summed E-state index contributed by atoms with van der Waals surface area (Å²) in [5, 5.41) is 11.5. The summed E-state index contributed by atoms with van der Waals surface area (Å²) in [6.07, 6.45) is 2.61. The standard InChI is InChI=1S/C19H26N2O4/c1-2-24-19(23)25-18-13-21(10-5-8-17(18)22)11-9-14-12-20-16-7-4-3-6-15(14)16/h3-4,6-7,12,17-18,20,22H,2,5,8-11,13H2,1H3/t17-,18-/m0/s1. The highest BCUT2D eigenvalue weighted by Crippen LogP contribution is 2.20. The molecule has 6 nitrogen and oxygen atoms in total. The number of carbonyl (C=O) groups is 1. The predicted octanol–water partition coefficient (Wildman–Crippen LogP) is 2.71. The predicted molar refractivity (Wildman–Crippen MR) is 95.6 cm³/mol. The fourth-order valence-electron chi connectivity index (χ4n) is 3.39. The number of aliphatic hydroxyl groups excluding tert-OH is 1. The van der Waals surface area contributed by atoms with Crippen LogP contribution in [0.1, 0.15) is 25.3 Å². The van der Waals surface area contributed by atoms with E-state index in [1.165, 1.54) is 10.9 Å². The van der Waals surface area contributed by atoms with Gasteiger partial charge in [0, 0.05) is 30.2 Å². The highest BCUT2D eigenvalue weighted by molar-refractivity contribution is 5.83. The molecule has 0 spiro atoms. The molecule has 0 radical (unpaired) electrons. The van der Waals surface area contributed by atoms with E-state index < -0.39 is 18.4 Å². The molecule has 3 rings (SSSR count). The average molecular weight is 346 g/mol. The van der Waals surface area contributed by atoms with Crippen LogP contribution in [0, 0.1) is 0 Å². The zero-order valence-electron chi connectivity index (χ0n) is 14.6. The minimum absolute atomic E-state index is 0.270. The molecule has 0 amide bonds. The number of rotatable bonds is 5. The van der Waals surface area contributed by atoms with Crippen molar-refractivity contribution in [3.8, 4) is 0 Å². The van der Waals surface area contributed by atoms with Gasteiger partial charge in [0.25, 0.3) is 0 Å². The number of ether oxygens (including phenoxy) is 2. The molecule has 0 saturated carbocycles. The summed E-state index contributed by atoms with van der Waals surface area (Å²) in [5.41, 5.74) is 2.43. The Morgan fingerprint density at radius 1 is 1.40 bits per heavy atom. The molecule has 2 atom stereocenters. The van der Waals surface area contributed by atoms with Crippen molar-refractivity contribution in [2.75, 3.05) is 26.2 Å². The number of aliphatic hydroxyl groups is 1. The van der Waals surface area contributed by atoms with Crippen molar-refractivity contribution >= 4 is 17.1 Å². The maximum atomic E-state index is 11.6. The molecule has 0 bridgehead atoms. The lowest BCUT2D eigenvalue weighted by Crippen LogP contribution is -2.40. The second kappa shape index (κ2) is 8.36. The monoisotopic (exact) mass is 346 g/mol. The fourth-order valence-corrected chi connectivity index (χ4v) is 3.39. The van der Waals surface area contributed by atoms with Crippen LogP contribution < -0.4 is 0 Å². The van der Waals surface area contributed by atoms with Crippen LogP contribution in [0.5, 0.6) is 0 Å². The van der Waals surface area contributed by atoms with E-state index >= 15 is 0 Å². The Morgan fingerprint density at radius 2 is 2.24 bits per heavy atom. The van der Waals surface area contributed by atoms with Crippen LogP contribution in [0.4, 0.5) is 4.79 Å². The molecule has 2 heterocycles. The quantitative estimate of drug-likeness (QED) is 0.814. The molecule has 1 aromatic carbocycles. The Morgan fingerprint density at radius 3 is 3.08 bits per heavy atom. The molecule has 1 aliphatic rings. The molecular weight excluding hydrogens is 320 g/mol. The number of para-hydroxylation sites is 1. The van der Waals surface area contributed by atoms with E-state index in [0.717, 1.165) is 31.4 Å². The molecule has 0 unspecified atom stereocenters. The normalized spacial score (nSPS) is 21.8. The Labute approximate surface area is 147 Å². The summed E-state index contributed by atoms with van der Waals surface area (Å²) in [7, 11) is 0. The lowest BCUT2D eigenvalue weighted by Gasteiger charge is -2.25. The first-order valence-corrected chi connectivity index (χ1v) is 8.96. The second-order valence-corrected chi connectivity index (χ2v) is 6.46. The molecule has 1 aliphatic heterocycles. The van der Waals surface area contributed by atoms with Gasteiger partial charge in [0.05, 0.1) is 12.7 Å². The number of H-pyrrole nitrogens is 1. The van der Waals surface area contributed by atoms with Crippen LogP contribution in [-0.2, 0) is 15.9 Å². The topological polar surface area (TPSA) is 74.8 Å². The number of benzene rings is 1. The first-order chi connectivity index (χ1) is 12.2. The summed E-state index contributed by atoms with van der Waals surface area (Å²) in [6, 6.07) is 8.27. The van der Waals surface area contributed by atoms with Crippen LogP contribution >= 0.6 is 0 Å². The van der Waals surface area contributed by atoms with E-state index in [4.69, 9.17) is 9.47 Å². The summed E-state index contributed by atoms with van der Waals surface area (Å²) >= 11 is 0. The molecule has 2 aromatic rings. The van der Waals surface area contributed by atoms with Crippen LogP contribution in [0.2, 0.25) is 0 Å². The molecule has 136 valence electrons. The zero-order valence-corrected chi connectivity index (χ0v) is 14.6. The highest BCUT2D eigenvalue weighted by Gasteiger charge is 2.29. The molecule has 1 aromatic heterocycles. The number of aromatic amines is 1. The summed E-state index contributed by atoms with van der Waals surface area (Å²) in [4.78, 5) is 17.1. The van der Waals surface area contributed by atoms with E-state index in [-0.39, 0.29) is 6.61 Å². The van der Waals surface area contributed by atoms with Crippen molar-refractivity contribution in [3.63, 3.8) is 0 Å². The van der Waals surface area contributed by atoms with Gasteiger partial charge in [-0.05, 0) is 44.4 Å². The Bertz CT molecular complexity index is 700. The van der Waals surface area contributed by atoms with E-state index in [1.54, 1.807) is 6.92 Å². The van der Waals surface area contributed by atoms with Gasteiger partial charge in [-0.3, -0.25) is 4.90 Å². The first kappa shape index (κ1) is 17.8. The van der Waals surface area contributed by atoms with Gasteiger partial charge >= 0.3 is 6.16 Å². The second-order valence-electron chi connectivity index (χ2n) is 6.46. The van der Waals surface area contributed by atoms with Crippen molar-refractivity contribution in [2.24, 2.45) is 0 Å². The van der Waals surface area contributed by atoms with E-state index in [2.05, 4.69) is 28.2 Å². The number of fused-ring (bicyclic) bond motifs is 1. The van der Waals surface area contributed by atoms with Crippen LogP contribution in [0.25, 0.3) is 10.9 Å². The smallest absolute Gasteiger partial charge is 0.435 e. The highest BCUT2D eigenvalue weighted by atomic mass is 16.7. The number of hydrogen-bond acceptors (Lipinski definition) is 5. The van der Waals surface area contributed by atoms with Gasteiger partial charge in [0.15, 0.2) is 0 Å². The van der Waals surface area contributed by atoms with Crippen molar-refractivity contribution in [1.82, 2.24) is 9.88 Å². The van der Waals surface area contributed by atoms with Gasteiger partial charge in [-0.25, -0.2) is 4.79 Å². The number of nitrogens with one attached hydrogen (secondary N) is 1. The zero-order chi connectivity index (χ0) is 17.6. The van der Waals surface area contributed by atoms with E-state index in [9.17, 15) is 9.90 Å². The van der Waals surface area contributed by atoms with Crippen LogP contribution in [0.3, 0.4) is 0 Å². The minimum atomic E-state index is -0.704. The summed E-state index contributed by atoms with van der Waals surface area (Å²) < 4.78 is 10.1. The lowest BCUT2D eigenvalue weighted by molar-refractivity contribution is -0.0369. The van der Waals surface area contributed by atoms with Gasteiger partial charge in [0.2, 0.25) is 0 Å². The van der Waals surface area contributed by atoms with Crippen molar-refractivity contribution in [1.29, 1.82) is 0 Å². The fraction of sp³-hybridized carbons (Fsp3) is 0.526. The van der Waals surface area contributed by atoms with Gasteiger partial charge in [-0.1, -0.05) is 18.2 Å². The van der Waals surface area contributed by atoms with Crippen molar-refractivity contribution < 1.29 is 19.4 Å². The lowest BCUT2D eigenvalue weighted by atomic mass is 10.1. The van der Waals surface area contributed by atoms with Crippen LogP contribution in [0.15, 0.2) is 30.5 Å². The Hall–Kier alpha value is -2.05. The third-order valence-electron chi connectivity index (χ3n) is 4.72. The largest absolute Gasteiger partial charge is 0.508 e. The Kier molecular flexibility index (Phi) is 5.94. The van der Waals surface area contributed by atoms with Gasteiger partial charge in [0.1, 0.15) is 6.10 Å². The SMILES string of the molecule is CCOC(=O)O[C@H]1CN(CCc2c[nH]c3ccccc23)CCC[C@@H]1O. The molecular formula is C19H26N2O4. The molecule has 1 saturated heterocycles. The number of carbonyl (C=O) groups excluding carboxylic acids is 1. The number of likely N-dealkylation sites (tertiary alicyclic amines) is 1. The molecule has 25 heavy (non-hydrogen) atoms. The molecule has 0 aliphatic carbocycles. The number of hydrogen-bond donors (Lipinski definition) is 2. The third-order valence-corrected chi connectivity index (χ3v) is 4.72. The van der Waals surface area contributed by atoms with Crippen molar-refractivity contribution in [3.05, 3.63) is 36.0 Å². The Balaban J connectivity index is 1.60. The molecule has 1 fully saturated rings. The molecule has 2 N–H and O–H groups in total. The van der Waals surface area contributed by atoms with Gasteiger partial charge < -0.3 is 19.6 Å². The van der Waals surface area contributed by atoms with Gasteiger partial charge in [-0.2, -0.15) is 0 Å². The maximum Gasteiger partial charge on any atom is 0.508 e. The third kappa shape index (κ3) is 4.52. The van der Waals surface area contributed by atoms with Crippen LogP contribution in [-0.4, -0.2) is 59.6 Å². The number of nitrogens with zero attached hydrogens (tertiary/aromatic N) is 1. The van der Waals surface area contributed by atoms with E-state index in [1.807, 2.05) is 12.1 Å². The maximum absolute atomic E-state index is 11.6. The van der Waals surface area contributed by atoms with Gasteiger partial charge in [-0.15, -0.1) is 0 Å².